The van der Waals surface area contributed by atoms with Crippen molar-refractivity contribution < 1.29 is 24.6 Å². The number of nitrogens with zero attached hydrogens (tertiary/aromatic N) is 1. The number of carboxylic acids is 1. The molecule has 8 nitrogen and oxygen atoms in total. The van der Waals surface area contributed by atoms with Crippen LogP contribution in [0.5, 0.6) is 0 Å². The van der Waals surface area contributed by atoms with Gasteiger partial charge in [-0.05, 0) is 13.3 Å². The minimum absolute atomic E-state index is 0.0675. The normalized spacial score (nSPS) is 24.0. The lowest BCUT2D eigenvalue weighted by Gasteiger charge is -2.23. The molecule has 19 heavy (non-hydrogen) atoms. The number of amides is 3. The zero-order valence-corrected chi connectivity index (χ0v) is 10.8. The predicted molar refractivity (Wildman–Crippen MR) is 65.1 cm³/mol. The number of primary amides is 1. The minimum atomic E-state index is -1.21. The number of rotatable bonds is 5. The first kappa shape index (κ1) is 15.2. The summed E-state index contributed by atoms with van der Waals surface area (Å²) in [5.41, 5.74) is 4.50. The molecule has 0 aromatic carbocycles. The van der Waals surface area contributed by atoms with Crippen LogP contribution in [0.1, 0.15) is 19.8 Å². The molecule has 1 unspecified atom stereocenters. The summed E-state index contributed by atoms with van der Waals surface area (Å²) in [4.78, 5) is 35.3. The lowest BCUT2D eigenvalue weighted by molar-refractivity contribution is -0.139. The molecule has 1 rings (SSSR count). The third-order valence-corrected chi connectivity index (χ3v) is 3.37. The monoisotopic (exact) mass is 273 g/mol. The Morgan fingerprint density at radius 2 is 2.11 bits per heavy atom. The van der Waals surface area contributed by atoms with Gasteiger partial charge in [-0.1, -0.05) is 0 Å². The number of aliphatic carboxylic acids is 1. The third kappa shape index (κ3) is 3.57. The molecule has 1 heterocycles. The number of carboxylic acid groups (broad SMARTS) is 1. The van der Waals surface area contributed by atoms with Crippen LogP contribution in [0.15, 0.2) is 0 Å². The number of nitrogens with two attached hydrogens (primary N) is 1. The Morgan fingerprint density at radius 3 is 2.53 bits per heavy atom. The number of aliphatic hydroxyl groups excluding tert-OH is 1. The second-order valence-electron chi connectivity index (χ2n) is 4.95. The molecule has 1 aliphatic heterocycles. The molecule has 8 heteroatoms. The molecule has 0 aromatic heterocycles. The van der Waals surface area contributed by atoms with Gasteiger partial charge in [0.05, 0.1) is 5.41 Å². The van der Waals surface area contributed by atoms with Gasteiger partial charge in [0.2, 0.25) is 5.91 Å². The Morgan fingerprint density at radius 1 is 1.47 bits per heavy atom. The molecule has 0 aromatic rings. The van der Waals surface area contributed by atoms with Crippen molar-refractivity contribution in [3.05, 3.63) is 0 Å². The molecular formula is C11H19N3O5. The molecule has 3 amide bonds. The maximum absolute atomic E-state index is 11.9. The molecule has 1 aliphatic rings. The summed E-state index contributed by atoms with van der Waals surface area (Å²) < 4.78 is 0. The molecule has 1 fully saturated rings. The average Bonchev–Trinajstić information content (AvgIpc) is 2.72. The van der Waals surface area contributed by atoms with Crippen LogP contribution in [0.2, 0.25) is 0 Å². The smallest absolute Gasteiger partial charge is 0.326 e. The molecule has 5 N–H and O–H groups in total. The van der Waals surface area contributed by atoms with Crippen LogP contribution in [0.25, 0.3) is 0 Å². The van der Waals surface area contributed by atoms with Gasteiger partial charge in [-0.15, -0.1) is 0 Å². The molecule has 0 bridgehead atoms. The highest BCUT2D eigenvalue weighted by molar-refractivity contribution is 5.85. The molecule has 0 aliphatic carbocycles. The van der Waals surface area contributed by atoms with Crippen molar-refractivity contribution in [2.75, 3.05) is 19.7 Å². The Bertz CT molecular complexity index is 387. The molecule has 2 atom stereocenters. The number of likely N-dealkylation sites (tertiary alicyclic amines) is 1. The van der Waals surface area contributed by atoms with E-state index in [9.17, 15) is 14.4 Å². The number of urea groups is 1. The van der Waals surface area contributed by atoms with E-state index in [-0.39, 0.29) is 19.6 Å². The zero-order chi connectivity index (χ0) is 14.6. The van der Waals surface area contributed by atoms with Gasteiger partial charge in [0.15, 0.2) is 0 Å². The van der Waals surface area contributed by atoms with Crippen LogP contribution >= 0.6 is 0 Å². The van der Waals surface area contributed by atoms with Gasteiger partial charge in [-0.25, -0.2) is 9.59 Å². The summed E-state index contributed by atoms with van der Waals surface area (Å²) in [5, 5.41) is 19.9. The molecule has 0 radical (unpaired) electrons. The Kier molecular flexibility index (Phi) is 4.71. The number of carbonyl (C=O) groups is 3. The van der Waals surface area contributed by atoms with E-state index in [0.29, 0.717) is 13.0 Å². The molecule has 0 saturated carbocycles. The van der Waals surface area contributed by atoms with E-state index in [1.807, 2.05) is 0 Å². The Balaban J connectivity index is 2.60. The lowest BCUT2D eigenvalue weighted by atomic mass is 9.89. The lowest BCUT2D eigenvalue weighted by Crippen LogP contribution is -2.48. The molecule has 1 saturated heterocycles. The fourth-order valence-corrected chi connectivity index (χ4v) is 1.96. The van der Waals surface area contributed by atoms with E-state index >= 15 is 0 Å². The van der Waals surface area contributed by atoms with Gasteiger partial charge in [0, 0.05) is 26.1 Å². The minimum Gasteiger partial charge on any atom is -0.480 e. The second-order valence-corrected chi connectivity index (χ2v) is 4.95. The molecule has 108 valence electrons. The summed E-state index contributed by atoms with van der Waals surface area (Å²) in [6.45, 7) is 1.84. The quantitative estimate of drug-likeness (QED) is 0.495. The first-order valence-electron chi connectivity index (χ1n) is 5.99. The second kappa shape index (κ2) is 5.87. The SMILES string of the molecule is CC1(C(N)=O)CCN(C(=O)N[C@H](CCO)C(=O)O)C1. The van der Waals surface area contributed by atoms with Gasteiger partial charge in [0.25, 0.3) is 0 Å². The van der Waals surface area contributed by atoms with Gasteiger partial charge >= 0.3 is 12.0 Å². The van der Waals surface area contributed by atoms with Crippen molar-refractivity contribution in [3.63, 3.8) is 0 Å². The average molecular weight is 273 g/mol. The Labute approximate surface area is 110 Å². The first-order chi connectivity index (χ1) is 8.80. The van der Waals surface area contributed by atoms with E-state index in [1.165, 1.54) is 4.90 Å². The predicted octanol–water partition coefficient (Wildman–Crippen LogP) is -1.27. The van der Waals surface area contributed by atoms with E-state index < -0.39 is 29.4 Å². The van der Waals surface area contributed by atoms with Crippen molar-refractivity contribution in [2.24, 2.45) is 11.1 Å². The van der Waals surface area contributed by atoms with Crippen LogP contribution in [0, 0.1) is 5.41 Å². The summed E-state index contributed by atoms with van der Waals surface area (Å²) in [7, 11) is 0. The van der Waals surface area contributed by atoms with Crippen molar-refractivity contribution in [1.82, 2.24) is 10.2 Å². The van der Waals surface area contributed by atoms with Crippen molar-refractivity contribution in [3.8, 4) is 0 Å². The maximum atomic E-state index is 11.9. The fraction of sp³-hybridized carbons (Fsp3) is 0.727. The van der Waals surface area contributed by atoms with Crippen molar-refractivity contribution in [2.45, 2.75) is 25.8 Å². The van der Waals surface area contributed by atoms with Crippen molar-refractivity contribution in [1.29, 1.82) is 0 Å². The number of carbonyl (C=O) groups excluding carboxylic acids is 2. The van der Waals surface area contributed by atoms with Crippen LogP contribution in [0.3, 0.4) is 0 Å². The number of hydrogen-bond acceptors (Lipinski definition) is 4. The molecular weight excluding hydrogens is 254 g/mol. The first-order valence-corrected chi connectivity index (χ1v) is 5.99. The number of nitrogens with one attached hydrogen (secondary N) is 1. The van der Waals surface area contributed by atoms with Crippen LogP contribution < -0.4 is 11.1 Å². The highest BCUT2D eigenvalue weighted by Gasteiger charge is 2.41. The van der Waals surface area contributed by atoms with Gasteiger partial charge in [0.1, 0.15) is 6.04 Å². The number of hydrogen-bond donors (Lipinski definition) is 4. The van der Waals surface area contributed by atoms with E-state index in [4.69, 9.17) is 15.9 Å². The van der Waals surface area contributed by atoms with Gasteiger partial charge < -0.3 is 26.2 Å². The zero-order valence-electron chi connectivity index (χ0n) is 10.8. The third-order valence-electron chi connectivity index (χ3n) is 3.37. The maximum Gasteiger partial charge on any atom is 0.326 e. The summed E-state index contributed by atoms with van der Waals surface area (Å²) in [6, 6.07) is -1.70. The van der Waals surface area contributed by atoms with Crippen LogP contribution in [-0.2, 0) is 9.59 Å². The van der Waals surface area contributed by atoms with E-state index in [2.05, 4.69) is 5.32 Å². The topological polar surface area (TPSA) is 133 Å². The fourth-order valence-electron chi connectivity index (χ4n) is 1.96. The summed E-state index contributed by atoms with van der Waals surface area (Å²) >= 11 is 0. The van der Waals surface area contributed by atoms with Gasteiger partial charge in [-0.2, -0.15) is 0 Å². The summed E-state index contributed by atoms with van der Waals surface area (Å²) in [5.74, 6) is -1.69. The van der Waals surface area contributed by atoms with E-state index in [0.717, 1.165) is 0 Å². The van der Waals surface area contributed by atoms with Crippen molar-refractivity contribution >= 4 is 17.9 Å². The Hall–Kier alpha value is -1.83. The van der Waals surface area contributed by atoms with Crippen LogP contribution in [-0.4, -0.2) is 58.8 Å². The standard InChI is InChI=1S/C11H19N3O5/c1-11(9(12)18)3-4-14(6-11)10(19)13-7(2-5-15)8(16)17/h7,15H,2-6H2,1H3,(H2,12,18)(H,13,19)(H,16,17)/t7-,11?/m1/s1. The van der Waals surface area contributed by atoms with Gasteiger partial charge in [-0.3, -0.25) is 4.79 Å². The largest absolute Gasteiger partial charge is 0.480 e. The highest BCUT2D eigenvalue weighted by atomic mass is 16.4. The highest BCUT2D eigenvalue weighted by Crippen LogP contribution is 2.29. The molecule has 0 spiro atoms. The summed E-state index contributed by atoms with van der Waals surface area (Å²) in [6.07, 6.45) is 0.384. The van der Waals surface area contributed by atoms with E-state index in [1.54, 1.807) is 6.92 Å². The number of aliphatic hydroxyl groups is 1. The van der Waals surface area contributed by atoms with Crippen LogP contribution in [0.4, 0.5) is 4.79 Å².